The summed E-state index contributed by atoms with van der Waals surface area (Å²) >= 11 is 9.69. The molecular weight excluding hydrogens is 482 g/mol. The minimum Gasteiger partial charge on any atom is -0.497 e. The van der Waals surface area contributed by atoms with Crippen molar-refractivity contribution in [3.8, 4) is 5.75 Å². The smallest absolute Gasteiger partial charge is 0.264 e. The van der Waals surface area contributed by atoms with E-state index in [1.807, 2.05) is 18.2 Å². The fourth-order valence-corrected chi connectivity index (χ4v) is 4.32. The van der Waals surface area contributed by atoms with Crippen LogP contribution in [0, 0.1) is 0 Å². The van der Waals surface area contributed by atoms with Crippen molar-refractivity contribution in [2.24, 2.45) is 0 Å². The number of ether oxygens (including phenoxy) is 1. The first-order valence-electron chi connectivity index (χ1n) is 9.58. The third-order valence-electron chi connectivity index (χ3n) is 5.41. The molecule has 7 heteroatoms. The van der Waals surface area contributed by atoms with Gasteiger partial charge in [0.2, 0.25) is 0 Å². The third-order valence-corrected chi connectivity index (χ3v) is 6.27. The van der Waals surface area contributed by atoms with E-state index >= 15 is 0 Å². The second-order valence-electron chi connectivity index (χ2n) is 7.33. The summed E-state index contributed by atoms with van der Waals surface area (Å²) in [5.74, 6) is -0.279. The molecule has 1 amide bonds. The summed E-state index contributed by atoms with van der Waals surface area (Å²) in [5, 5.41) is 12.0. The van der Waals surface area contributed by atoms with E-state index in [1.54, 1.807) is 55.6 Å². The lowest BCUT2D eigenvalue weighted by Crippen LogP contribution is -2.41. The van der Waals surface area contributed by atoms with Gasteiger partial charge in [0.15, 0.2) is 11.4 Å². The van der Waals surface area contributed by atoms with Crippen LogP contribution in [0.15, 0.2) is 71.2 Å². The predicted octanol–water partition coefficient (Wildman–Crippen LogP) is 5.12. The van der Waals surface area contributed by atoms with E-state index in [1.165, 1.54) is 4.90 Å². The van der Waals surface area contributed by atoms with Crippen molar-refractivity contribution in [3.63, 3.8) is 0 Å². The average Bonchev–Trinajstić information content (AvgIpc) is 2.96. The molecule has 31 heavy (non-hydrogen) atoms. The van der Waals surface area contributed by atoms with E-state index in [-0.39, 0.29) is 18.7 Å². The first-order chi connectivity index (χ1) is 14.8. The molecule has 158 valence electrons. The van der Waals surface area contributed by atoms with Gasteiger partial charge in [-0.15, -0.1) is 0 Å². The van der Waals surface area contributed by atoms with Crippen LogP contribution in [0.2, 0.25) is 5.02 Å². The molecule has 1 atom stereocenters. The number of nitrogens with zero attached hydrogens (tertiary/aromatic N) is 1. The van der Waals surface area contributed by atoms with Crippen molar-refractivity contribution in [3.05, 3.63) is 92.9 Å². The Labute approximate surface area is 193 Å². The van der Waals surface area contributed by atoms with Crippen LogP contribution >= 0.6 is 27.5 Å². The van der Waals surface area contributed by atoms with E-state index in [0.717, 1.165) is 5.56 Å². The highest BCUT2D eigenvalue weighted by Crippen LogP contribution is 2.45. The number of anilines is 1. The molecular formula is C24H19BrClNO4. The van der Waals surface area contributed by atoms with Gasteiger partial charge in [0.25, 0.3) is 5.91 Å². The van der Waals surface area contributed by atoms with Crippen LogP contribution < -0.4 is 9.64 Å². The van der Waals surface area contributed by atoms with Crippen LogP contribution in [0.1, 0.15) is 27.9 Å². The Morgan fingerprint density at radius 1 is 1.13 bits per heavy atom. The zero-order valence-electron chi connectivity index (χ0n) is 16.6. The molecule has 0 spiro atoms. The normalized spacial score (nSPS) is 17.5. The van der Waals surface area contributed by atoms with Crippen LogP contribution in [-0.2, 0) is 16.9 Å². The van der Waals surface area contributed by atoms with Gasteiger partial charge in [-0.2, -0.15) is 0 Å². The number of aliphatic hydroxyl groups is 1. The SMILES string of the molecule is COc1ccc(C(=O)CC2(O)C(=O)N(Cc3ccccc3Cl)c3ccc(Br)cc32)cc1. The van der Waals surface area contributed by atoms with Crippen molar-refractivity contribution in [1.29, 1.82) is 0 Å². The van der Waals surface area contributed by atoms with Gasteiger partial charge >= 0.3 is 0 Å². The molecule has 0 saturated heterocycles. The molecule has 3 aromatic carbocycles. The topological polar surface area (TPSA) is 66.8 Å². The number of carbonyl (C=O) groups excluding carboxylic acids is 2. The van der Waals surface area contributed by atoms with Crippen LogP contribution in [-0.4, -0.2) is 23.9 Å². The molecule has 4 rings (SSSR count). The first kappa shape index (κ1) is 21.6. The van der Waals surface area contributed by atoms with Crippen molar-refractivity contribution in [2.45, 2.75) is 18.6 Å². The van der Waals surface area contributed by atoms with E-state index in [2.05, 4.69) is 15.9 Å². The van der Waals surface area contributed by atoms with Gasteiger partial charge in [0.1, 0.15) is 5.75 Å². The maximum absolute atomic E-state index is 13.4. The number of hydrogen-bond acceptors (Lipinski definition) is 4. The fraction of sp³-hybridized carbons (Fsp3) is 0.167. The molecule has 1 unspecified atom stereocenters. The van der Waals surface area contributed by atoms with Gasteiger partial charge in [-0.25, -0.2) is 0 Å². The number of rotatable bonds is 6. The largest absolute Gasteiger partial charge is 0.497 e. The van der Waals surface area contributed by atoms with Gasteiger partial charge in [-0.1, -0.05) is 45.7 Å². The number of benzene rings is 3. The number of fused-ring (bicyclic) bond motifs is 1. The van der Waals surface area contributed by atoms with E-state index in [9.17, 15) is 14.7 Å². The number of methoxy groups -OCH3 is 1. The Morgan fingerprint density at radius 2 is 1.84 bits per heavy atom. The van der Waals surface area contributed by atoms with E-state index in [4.69, 9.17) is 16.3 Å². The lowest BCUT2D eigenvalue weighted by atomic mass is 9.88. The maximum atomic E-state index is 13.4. The summed E-state index contributed by atoms with van der Waals surface area (Å²) in [6.07, 6.45) is -0.374. The summed E-state index contributed by atoms with van der Waals surface area (Å²) in [5.41, 5.74) is 0.108. The molecule has 0 fully saturated rings. The van der Waals surface area contributed by atoms with Crippen molar-refractivity contribution >= 4 is 44.9 Å². The second kappa shape index (κ2) is 8.46. The Kier molecular flexibility index (Phi) is 5.88. The Hall–Kier alpha value is -2.67. The van der Waals surface area contributed by atoms with Gasteiger partial charge in [0, 0.05) is 20.6 Å². The van der Waals surface area contributed by atoms with E-state index < -0.39 is 11.5 Å². The molecule has 5 nitrogen and oxygen atoms in total. The maximum Gasteiger partial charge on any atom is 0.264 e. The Balaban J connectivity index is 1.70. The highest BCUT2D eigenvalue weighted by atomic mass is 79.9. The molecule has 0 aromatic heterocycles. The number of hydrogen-bond donors (Lipinski definition) is 1. The molecule has 3 aromatic rings. The third kappa shape index (κ3) is 3.99. The minimum absolute atomic E-state index is 0.187. The van der Waals surface area contributed by atoms with Crippen molar-refractivity contribution in [1.82, 2.24) is 0 Å². The molecule has 0 saturated carbocycles. The lowest BCUT2D eigenvalue weighted by Gasteiger charge is -2.23. The second-order valence-corrected chi connectivity index (χ2v) is 8.66. The van der Waals surface area contributed by atoms with Gasteiger partial charge in [-0.3, -0.25) is 9.59 Å². The minimum atomic E-state index is -1.97. The summed E-state index contributed by atoms with van der Waals surface area (Å²) < 4.78 is 5.82. The predicted molar refractivity (Wildman–Crippen MR) is 123 cm³/mol. The molecule has 0 bridgehead atoms. The van der Waals surface area contributed by atoms with Gasteiger partial charge in [-0.05, 0) is 54.1 Å². The molecule has 1 heterocycles. The Morgan fingerprint density at radius 3 is 2.52 bits per heavy atom. The van der Waals surface area contributed by atoms with Crippen LogP contribution in [0.4, 0.5) is 5.69 Å². The molecule has 1 aliphatic heterocycles. The summed E-state index contributed by atoms with van der Waals surface area (Å²) in [6.45, 7) is 0.187. The van der Waals surface area contributed by atoms with Crippen LogP contribution in [0.3, 0.4) is 0 Å². The van der Waals surface area contributed by atoms with Crippen LogP contribution in [0.25, 0.3) is 0 Å². The standard InChI is InChI=1S/C24H19BrClNO4/c1-31-18-9-6-15(7-10-18)22(28)13-24(30)19-12-17(25)8-11-21(19)27(23(24)29)14-16-4-2-3-5-20(16)26/h2-12,30H,13-14H2,1H3. The fourth-order valence-electron chi connectivity index (χ4n) is 3.76. The van der Waals surface area contributed by atoms with Gasteiger partial charge < -0.3 is 14.7 Å². The summed E-state index contributed by atoms with van der Waals surface area (Å²) in [7, 11) is 1.54. The monoisotopic (exact) mass is 499 g/mol. The average molecular weight is 501 g/mol. The quantitative estimate of drug-likeness (QED) is 0.477. The lowest BCUT2D eigenvalue weighted by molar-refractivity contribution is -0.136. The van der Waals surface area contributed by atoms with Crippen molar-refractivity contribution < 1.29 is 19.4 Å². The highest BCUT2D eigenvalue weighted by Gasteiger charge is 2.51. The first-order valence-corrected chi connectivity index (χ1v) is 10.8. The molecule has 1 N–H and O–H groups in total. The number of Topliss-reactive ketones (excluding diaryl/α,β-unsaturated/α-hetero) is 1. The van der Waals surface area contributed by atoms with E-state index in [0.29, 0.717) is 32.1 Å². The molecule has 0 radical (unpaired) electrons. The number of halogens is 2. The zero-order chi connectivity index (χ0) is 22.2. The molecule has 1 aliphatic rings. The van der Waals surface area contributed by atoms with Crippen LogP contribution in [0.5, 0.6) is 5.75 Å². The zero-order valence-corrected chi connectivity index (χ0v) is 19.0. The number of ketones is 1. The van der Waals surface area contributed by atoms with Gasteiger partial charge in [0.05, 0.1) is 25.8 Å². The Bertz CT molecular complexity index is 1160. The summed E-state index contributed by atoms with van der Waals surface area (Å²) in [4.78, 5) is 27.9. The van der Waals surface area contributed by atoms with Crippen molar-refractivity contribution in [2.75, 3.05) is 12.0 Å². The summed E-state index contributed by atoms with van der Waals surface area (Å²) in [6, 6.07) is 19.0. The molecule has 0 aliphatic carbocycles. The number of carbonyl (C=O) groups is 2. The number of amides is 1. The highest BCUT2D eigenvalue weighted by molar-refractivity contribution is 9.10.